The molecule has 1 aromatic carbocycles. The first-order chi connectivity index (χ1) is 14.4. The fourth-order valence-electron chi connectivity index (χ4n) is 3.28. The van der Waals surface area contributed by atoms with Gasteiger partial charge in [-0.2, -0.15) is 0 Å². The molecule has 2 aromatic rings. The number of pyridine rings is 1. The minimum atomic E-state index is -1.37. The maximum Gasteiger partial charge on any atom is 0.123 e. The Labute approximate surface area is 183 Å². The fraction of sp³-hybridized carbons (Fsp3) is 0.440. The van der Waals surface area contributed by atoms with E-state index in [2.05, 4.69) is 20.8 Å². The summed E-state index contributed by atoms with van der Waals surface area (Å²) in [4.78, 5) is 15.5. The van der Waals surface area contributed by atoms with E-state index in [9.17, 15) is 24.5 Å². The van der Waals surface area contributed by atoms with E-state index in [1.807, 2.05) is 19.9 Å². The van der Waals surface area contributed by atoms with Gasteiger partial charge in [0.2, 0.25) is 0 Å². The molecule has 2 atom stereocenters. The van der Waals surface area contributed by atoms with Gasteiger partial charge in [-0.15, -0.1) is 0 Å². The number of carbonyl (C=O) groups excluding carboxylic acids is 1. The van der Waals surface area contributed by atoms with Crippen LogP contribution in [0.15, 0.2) is 36.4 Å². The lowest BCUT2D eigenvalue weighted by atomic mass is 9.86. The zero-order valence-corrected chi connectivity index (χ0v) is 18.7. The van der Waals surface area contributed by atoms with E-state index < -0.39 is 24.6 Å². The molecule has 0 saturated carbocycles. The Kier molecular flexibility index (Phi) is 8.09. The highest BCUT2D eigenvalue weighted by atomic mass is 19.1. The second-order valence-corrected chi connectivity index (χ2v) is 9.16. The highest BCUT2D eigenvalue weighted by Gasteiger charge is 2.22. The molecule has 31 heavy (non-hydrogen) atoms. The van der Waals surface area contributed by atoms with E-state index in [1.165, 1.54) is 18.2 Å². The normalized spacial score (nSPS) is 14.2. The molecule has 5 nitrogen and oxygen atoms in total. The third-order valence-electron chi connectivity index (χ3n) is 4.96. The predicted octanol–water partition coefficient (Wildman–Crippen LogP) is 3.57. The number of aliphatic carboxylic acids is 1. The van der Waals surface area contributed by atoms with Gasteiger partial charge in [-0.3, -0.25) is 4.98 Å². The van der Waals surface area contributed by atoms with Crippen molar-refractivity contribution >= 4 is 12.0 Å². The van der Waals surface area contributed by atoms with Crippen LogP contribution in [0, 0.1) is 5.82 Å². The summed E-state index contributed by atoms with van der Waals surface area (Å²) in [5.74, 6) is -1.61. The van der Waals surface area contributed by atoms with E-state index in [4.69, 9.17) is 4.98 Å². The molecule has 0 aliphatic carbocycles. The van der Waals surface area contributed by atoms with Crippen LogP contribution in [0.2, 0.25) is 0 Å². The number of hydrogen-bond acceptors (Lipinski definition) is 5. The Bertz CT molecular complexity index is 930. The number of aromatic nitrogens is 1. The topological polar surface area (TPSA) is 93.5 Å². The van der Waals surface area contributed by atoms with Gasteiger partial charge >= 0.3 is 0 Å². The number of halogens is 1. The number of carboxylic acid groups (broad SMARTS) is 1. The van der Waals surface area contributed by atoms with Crippen molar-refractivity contribution in [3.05, 3.63) is 59.2 Å². The molecular weight excluding hydrogens is 397 g/mol. The summed E-state index contributed by atoms with van der Waals surface area (Å²) in [6, 6.07) is 8.20. The van der Waals surface area contributed by atoms with E-state index in [-0.39, 0.29) is 23.6 Å². The molecule has 2 rings (SSSR count). The van der Waals surface area contributed by atoms with Crippen molar-refractivity contribution in [2.24, 2.45) is 0 Å². The summed E-state index contributed by atoms with van der Waals surface area (Å²) >= 11 is 0. The van der Waals surface area contributed by atoms with Gasteiger partial charge in [-0.25, -0.2) is 4.39 Å². The average Bonchev–Trinajstić information content (AvgIpc) is 2.64. The number of rotatable bonds is 8. The van der Waals surface area contributed by atoms with Gasteiger partial charge in [0.25, 0.3) is 0 Å². The molecule has 0 spiro atoms. The van der Waals surface area contributed by atoms with Gasteiger partial charge in [0.15, 0.2) is 0 Å². The Morgan fingerprint density at radius 3 is 2.32 bits per heavy atom. The minimum absolute atomic E-state index is 0.0852. The number of carbonyl (C=O) groups is 1. The SMILES string of the molecule is CC(C)c1nc(C(C)(C)C)cc(-c2ccc(F)cc2)c1/C=C/C(O)C[C@@H](O)CC(=O)[O-]. The summed E-state index contributed by atoms with van der Waals surface area (Å²) in [5, 5.41) is 30.6. The standard InChI is InChI=1S/C25H32FNO4/c1-15(2)24-20(11-10-18(28)12-19(29)13-23(30)31)21(14-22(27-24)25(3,4)5)16-6-8-17(26)9-7-16/h6-11,14-15,18-19,28-29H,12-13H2,1-5H3,(H,30,31)/p-1/b11-10+/t18?,19-/m1/s1. The first kappa shape index (κ1) is 24.7. The monoisotopic (exact) mass is 428 g/mol. The molecule has 1 aromatic heterocycles. The van der Waals surface area contributed by atoms with Crippen molar-refractivity contribution in [1.82, 2.24) is 4.98 Å². The zero-order valence-electron chi connectivity index (χ0n) is 18.7. The lowest BCUT2D eigenvalue weighted by Gasteiger charge is -2.24. The number of nitrogens with zero attached hydrogens (tertiary/aromatic N) is 1. The van der Waals surface area contributed by atoms with Crippen LogP contribution in [-0.4, -0.2) is 33.4 Å². The van der Waals surface area contributed by atoms with Gasteiger partial charge in [0.05, 0.1) is 17.9 Å². The van der Waals surface area contributed by atoms with Crippen molar-refractivity contribution in [3.63, 3.8) is 0 Å². The van der Waals surface area contributed by atoms with Crippen molar-refractivity contribution in [3.8, 4) is 11.1 Å². The Hall–Kier alpha value is -2.57. The molecule has 1 heterocycles. The average molecular weight is 429 g/mol. The van der Waals surface area contributed by atoms with Crippen molar-refractivity contribution < 1.29 is 24.5 Å². The van der Waals surface area contributed by atoms with E-state index in [1.54, 1.807) is 18.2 Å². The van der Waals surface area contributed by atoms with Gasteiger partial charge in [0.1, 0.15) is 5.82 Å². The summed E-state index contributed by atoms with van der Waals surface area (Å²) in [6.45, 7) is 10.3. The Morgan fingerprint density at radius 1 is 1.19 bits per heavy atom. The quantitative estimate of drug-likeness (QED) is 0.670. The second kappa shape index (κ2) is 10.2. The summed E-state index contributed by atoms with van der Waals surface area (Å²) < 4.78 is 13.5. The summed E-state index contributed by atoms with van der Waals surface area (Å²) in [7, 11) is 0. The Morgan fingerprint density at radius 2 is 1.81 bits per heavy atom. The molecule has 0 aliphatic rings. The molecular formula is C25H31FNO4-. The van der Waals surface area contributed by atoms with Crippen LogP contribution in [0.4, 0.5) is 4.39 Å². The van der Waals surface area contributed by atoms with Gasteiger partial charge in [-0.1, -0.05) is 58.9 Å². The number of aliphatic hydroxyl groups is 2. The molecule has 0 aliphatic heterocycles. The van der Waals surface area contributed by atoms with Gasteiger partial charge < -0.3 is 20.1 Å². The number of carboxylic acids is 1. The first-order valence-electron chi connectivity index (χ1n) is 10.4. The van der Waals surface area contributed by atoms with Crippen molar-refractivity contribution in [2.75, 3.05) is 0 Å². The van der Waals surface area contributed by atoms with E-state index in [0.717, 1.165) is 28.1 Å². The number of hydrogen-bond donors (Lipinski definition) is 2. The van der Waals surface area contributed by atoms with Crippen LogP contribution in [0.5, 0.6) is 0 Å². The largest absolute Gasteiger partial charge is 0.550 e. The highest BCUT2D eigenvalue weighted by Crippen LogP contribution is 2.34. The number of aliphatic hydroxyl groups excluding tert-OH is 2. The second-order valence-electron chi connectivity index (χ2n) is 9.16. The minimum Gasteiger partial charge on any atom is -0.550 e. The van der Waals surface area contributed by atoms with E-state index >= 15 is 0 Å². The van der Waals surface area contributed by atoms with Crippen LogP contribution in [0.3, 0.4) is 0 Å². The molecule has 0 radical (unpaired) electrons. The molecule has 0 saturated heterocycles. The Balaban J connectivity index is 2.55. The van der Waals surface area contributed by atoms with Crippen LogP contribution in [-0.2, 0) is 10.2 Å². The molecule has 168 valence electrons. The molecule has 6 heteroatoms. The van der Waals surface area contributed by atoms with Crippen LogP contribution in [0.1, 0.15) is 70.3 Å². The summed E-state index contributed by atoms with van der Waals surface area (Å²) in [6.07, 6.45) is 0.352. The van der Waals surface area contributed by atoms with Gasteiger partial charge in [-0.05, 0) is 35.2 Å². The molecule has 0 amide bonds. The maximum atomic E-state index is 13.5. The molecule has 1 unspecified atom stereocenters. The zero-order chi connectivity index (χ0) is 23.3. The smallest absolute Gasteiger partial charge is 0.123 e. The maximum absolute atomic E-state index is 13.5. The fourth-order valence-corrected chi connectivity index (χ4v) is 3.28. The van der Waals surface area contributed by atoms with Gasteiger partial charge in [0, 0.05) is 35.5 Å². The van der Waals surface area contributed by atoms with Crippen molar-refractivity contribution in [1.29, 1.82) is 0 Å². The van der Waals surface area contributed by atoms with Crippen LogP contribution in [0.25, 0.3) is 17.2 Å². The predicted molar refractivity (Wildman–Crippen MR) is 118 cm³/mol. The molecule has 0 bridgehead atoms. The highest BCUT2D eigenvalue weighted by molar-refractivity contribution is 5.77. The third-order valence-corrected chi connectivity index (χ3v) is 4.96. The summed E-state index contributed by atoms with van der Waals surface area (Å²) in [5.41, 5.74) is 4.02. The van der Waals surface area contributed by atoms with E-state index in [0.29, 0.717) is 0 Å². The third kappa shape index (κ3) is 6.97. The van der Waals surface area contributed by atoms with Crippen LogP contribution < -0.4 is 5.11 Å². The van der Waals surface area contributed by atoms with Crippen molar-refractivity contribution in [2.45, 2.75) is 71.0 Å². The first-order valence-corrected chi connectivity index (χ1v) is 10.4. The number of benzene rings is 1. The van der Waals surface area contributed by atoms with Crippen LogP contribution >= 0.6 is 0 Å². The molecule has 0 fully saturated rings. The lowest BCUT2D eigenvalue weighted by molar-refractivity contribution is -0.307. The molecule has 2 N–H and O–H groups in total. The lowest BCUT2D eigenvalue weighted by Crippen LogP contribution is -2.29.